The van der Waals surface area contributed by atoms with Crippen LogP contribution >= 0.6 is 15.9 Å². The molecule has 0 atom stereocenters. The molecule has 0 bridgehead atoms. The third kappa shape index (κ3) is 2.34. The van der Waals surface area contributed by atoms with Crippen LogP contribution in [0.15, 0.2) is 22.7 Å². The van der Waals surface area contributed by atoms with E-state index in [0.29, 0.717) is 12.1 Å². The van der Waals surface area contributed by atoms with Crippen LogP contribution < -0.4 is 5.73 Å². The first kappa shape index (κ1) is 9.26. The first-order valence-electron chi connectivity index (χ1n) is 3.63. The highest BCUT2D eigenvalue weighted by Gasteiger charge is 2.02. The SMILES string of the molecule is CC(=O)Cc1ccc(N)cc1Br. The molecule has 1 rings (SSSR count). The fourth-order valence-electron chi connectivity index (χ4n) is 0.975. The van der Waals surface area contributed by atoms with Crippen LogP contribution in [0.25, 0.3) is 0 Å². The van der Waals surface area contributed by atoms with Crippen molar-refractivity contribution in [3.8, 4) is 0 Å². The van der Waals surface area contributed by atoms with Crippen molar-refractivity contribution in [1.82, 2.24) is 0 Å². The van der Waals surface area contributed by atoms with Crippen LogP contribution in [0.5, 0.6) is 0 Å². The molecule has 1 aromatic rings. The fraction of sp³-hybridized carbons (Fsp3) is 0.222. The molecule has 0 unspecified atom stereocenters. The lowest BCUT2D eigenvalue weighted by Crippen LogP contribution is -1.97. The van der Waals surface area contributed by atoms with Crippen molar-refractivity contribution in [1.29, 1.82) is 0 Å². The third-order valence-electron chi connectivity index (χ3n) is 1.52. The summed E-state index contributed by atoms with van der Waals surface area (Å²) in [4.78, 5) is 10.8. The minimum Gasteiger partial charge on any atom is -0.399 e. The van der Waals surface area contributed by atoms with Gasteiger partial charge >= 0.3 is 0 Å². The largest absolute Gasteiger partial charge is 0.399 e. The minimum absolute atomic E-state index is 0.153. The molecule has 0 saturated carbocycles. The predicted molar refractivity (Wildman–Crippen MR) is 52.9 cm³/mol. The highest BCUT2D eigenvalue weighted by Crippen LogP contribution is 2.20. The number of hydrogen-bond acceptors (Lipinski definition) is 2. The van der Waals surface area contributed by atoms with Gasteiger partial charge in [0.1, 0.15) is 5.78 Å². The predicted octanol–water partition coefficient (Wildman–Crippen LogP) is 2.16. The van der Waals surface area contributed by atoms with E-state index in [1.165, 1.54) is 0 Å². The molecule has 3 heteroatoms. The van der Waals surface area contributed by atoms with E-state index in [-0.39, 0.29) is 5.78 Å². The fourth-order valence-corrected chi connectivity index (χ4v) is 1.51. The number of carbonyl (C=O) groups is 1. The number of nitrogens with two attached hydrogens (primary N) is 1. The molecule has 0 heterocycles. The number of benzene rings is 1. The molecule has 0 saturated heterocycles. The van der Waals surface area contributed by atoms with Crippen molar-refractivity contribution in [2.24, 2.45) is 0 Å². The summed E-state index contributed by atoms with van der Waals surface area (Å²) in [6.45, 7) is 1.57. The zero-order chi connectivity index (χ0) is 9.14. The quantitative estimate of drug-likeness (QED) is 0.788. The molecule has 1 aromatic carbocycles. The van der Waals surface area contributed by atoms with Crippen LogP contribution in [0, 0.1) is 0 Å². The number of Topliss-reactive ketones (excluding diaryl/α,β-unsaturated/α-hetero) is 1. The Balaban J connectivity index is 2.93. The van der Waals surface area contributed by atoms with E-state index in [9.17, 15) is 4.79 Å². The Labute approximate surface area is 79.9 Å². The van der Waals surface area contributed by atoms with E-state index < -0.39 is 0 Å². The van der Waals surface area contributed by atoms with Crippen LogP contribution in [0.2, 0.25) is 0 Å². The van der Waals surface area contributed by atoms with Crippen molar-refractivity contribution in [3.63, 3.8) is 0 Å². The molecule has 0 spiro atoms. The summed E-state index contributed by atoms with van der Waals surface area (Å²) in [5, 5.41) is 0. The van der Waals surface area contributed by atoms with Crippen LogP contribution in [0.1, 0.15) is 12.5 Å². The smallest absolute Gasteiger partial charge is 0.134 e. The standard InChI is InChI=1S/C9H10BrNO/c1-6(12)4-7-2-3-8(11)5-9(7)10/h2-3,5H,4,11H2,1H3. The van der Waals surface area contributed by atoms with Gasteiger partial charge in [-0.05, 0) is 24.6 Å². The Bertz CT molecular complexity index is 309. The Morgan fingerprint density at radius 3 is 2.75 bits per heavy atom. The number of rotatable bonds is 2. The summed E-state index contributed by atoms with van der Waals surface area (Å²) < 4.78 is 0.901. The number of nitrogen functional groups attached to an aromatic ring is 1. The van der Waals surface area contributed by atoms with Gasteiger partial charge in [-0.1, -0.05) is 22.0 Å². The van der Waals surface area contributed by atoms with Crippen LogP contribution in [-0.4, -0.2) is 5.78 Å². The summed E-state index contributed by atoms with van der Waals surface area (Å²) in [5.74, 6) is 0.153. The van der Waals surface area contributed by atoms with Gasteiger partial charge in [0.05, 0.1) is 0 Å². The third-order valence-corrected chi connectivity index (χ3v) is 2.25. The Kier molecular flexibility index (Phi) is 2.87. The summed E-state index contributed by atoms with van der Waals surface area (Å²) in [6, 6.07) is 5.46. The van der Waals surface area contributed by atoms with E-state index >= 15 is 0 Å². The molecule has 0 radical (unpaired) electrons. The van der Waals surface area contributed by atoms with Crippen molar-refractivity contribution in [3.05, 3.63) is 28.2 Å². The van der Waals surface area contributed by atoms with E-state index in [4.69, 9.17) is 5.73 Å². The van der Waals surface area contributed by atoms with Crippen molar-refractivity contribution >= 4 is 27.4 Å². The topological polar surface area (TPSA) is 43.1 Å². The lowest BCUT2D eigenvalue weighted by molar-refractivity contribution is -0.116. The van der Waals surface area contributed by atoms with Crippen molar-refractivity contribution < 1.29 is 4.79 Å². The first-order chi connectivity index (χ1) is 5.59. The van der Waals surface area contributed by atoms with Gasteiger partial charge in [0, 0.05) is 16.6 Å². The molecule has 64 valence electrons. The maximum absolute atomic E-state index is 10.8. The highest BCUT2D eigenvalue weighted by molar-refractivity contribution is 9.10. The van der Waals surface area contributed by atoms with Gasteiger partial charge in [0.25, 0.3) is 0 Å². The number of hydrogen-bond donors (Lipinski definition) is 1. The number of ketones is 1. The highest BCUT2D eigenvalue weighted by atomic mass is 79.9. The van der Waals surface area contributed by atoms with Gasteiger partial charge < -0.3 is 5.73 Å². The Hall–Kier alpha value is -0.830. The van der Waals surface area contributed by atoms with Crippen molar-refractivity contribution in [2.75, 3.05) is 5.73 Å². The summed E-state index contributed by atoms with van der Waals surface area (Å²) in [6.07, 6.45) is 0.459. The molecule has 0 aliphatic rings. The summed E-state index contributed by atoms with van der Waals surface area (Å²) in [5.41, 5.74) is 7.23. The van der Waals surface area contributed by atoms with Gasteiger partial charge in [-0.2, -0.15) is 0 Å². The molecule has 0 amide bonds. The molecular weight excluding hydrogens is 218 g/mol. The second-order valence-electron chi connectivity index (χ2n) is 2.73. The maximum atomic E-state index is 10.8. The summed E-state index contributed by atoms with van der Waals surface area (Å²) in [7, 11) is 0. The zero-order valence-corrected chi connectivity index (χ0v) is 8.39. The second kappa shape index (κ2) is 3.72. The average Bonchev–Trinajstić information content (AvgIpc) is 1.94. The second-order valence-corrected chi connectivity index (χ2v) is 3.58. The molecule has 0 aromatic heterocycles. The normalized spacial score (nSPS) is 9.83. The monoisotopic (exact) mass is 227 g/mol. The molecule has 0 aliphatic carbocycles. The molecule has 12 heavy (non-hydrogen) atoms. The molecule has 0 fully saturated rings. The van der Waals surface area contributed by atoms with E-state index in [2.05, 4.69) is 15.9 Å². The van der Waals surface area contributed by atoms with E-state index in [1.807, 2.05) is 6.07 Å². The summed E-state index contributed by atoms with van der Waals surface area (Å²) >= 11 is 3.34. The molecule has 0 aliphatic heterocycles. The number of carbonyl (C=O) groups excluding carboxylic acids is 1. The zero-order valence-electron chi connectivity index (χ0n) is 6.80. The lowest BCUT2D eigenvalue weighted by Gasteiger charge is -2.02. The molecular formula is C9H10BrNO. The van der Waals surface area contributed by atoms with Crippen molar-refractivity contribution in [2.45, 2.75) is 13.3 Å². The molecule has 2 N–H and O–H groups in total. The van der Waals surface area contributed by atoms with Crippen LogP contribution in [-0.2, 0) is 11.2 Å². The van der Waals surface area contributed by atoms with Gasteiger partial charge in [0.15, 0.2) is 0 Å². The Morgan fingerprint density at radius 2 is 2.25 bits per heavy atom. The van der Waals surface area contributed by atoms with Gasteiger partial charge in [0.2, 0.25) is 0 Å². The first-order valence-corrected chi connectivity index (χ1v) is 4.42. The van der Waals surface area contributed by atoms with Gasteiger partial charge in [-0.3, -0.25) is 4.79 Å². The maximum Gasteiger partial charge on any atom is 0.134 e. The van der Waals surface area contributed by atoms with E-state index in [1.54, 1.807) is 19.1 Å². The van der Waals surface area contributed by atoms with Crippen LogP contribution in [0.3, 0.4) is 0 Å². The average molecular weight is 228 g/mol. The van der Waals surface area contributed by atoms with Gasteiger partial charge in [-0.25, -0.2) is 0 Å². The minimum atomic E-state index is 0.153. The molecule has 2 nitrogen and oxygen atoms in total. The Morgan fingerprint density at radius 1 is 1.58 bits per heavy atom. The lowest BCUT2D eigenvalue weighted by atomic mass is 10.1. The van der Waals surface area contributed by atoms with Gasteiger partial charge in [-0.15, -0.1) is 0 Å². The van der Waals surface area contributed by atoms with Crippen LogP contribution in [0.4, 0.5) is 5.69 Å². The number of halogens is 1. The van der Waals surface area contributed by atoms with E-state index in [0.717, 1.165) is 10.0 Å². The number of anilines is 1.